The Labute approximate surface area is 84.7 Å². The predicted octanol–water partition coefficient (Wildman–Crippen LogP) is 1.96. The Morgan fingerprint density at radius 3 is 2.86 bits per heavy atom. The molecule has 1 fully saturated rings. The highest BCUT2D eigenvalue weighted by Gasteiger charge is 2.31. The minimum absolute atomic E-state index is 0.669. The van der Waals surface area contributed by atoms with Gasteiger partial charge in [-0.15, -0.1) is 0 Å². The molecule has 0 spiro atoms. The molecule has 0 amide bonds. The molecular formula is C12H16N2. The molecule has 1 aliphatic carbocycles. The smallest absolute Gasteiger partial charge is 0.0354 e. The molecule has 1 aliphatic heterocycles. The molecule has 2 aliphatic rings. The van der Waals surface area contributed by atoms with Crippen LogP contribution < -0.4 is 5.73 Å². The molecule has 0 radical (unpaired) electrons. The SMILES string of the molecule is Nc1cccc2c1CCC2N1CCC1. The zero-order valence-corrected chi connectivity index (χ0v) is 8.37. The standard InChI is InChI=1S/C12H16N2/c13-11-4-1-3-10-9(11)5-6-12(10)14-7-2-8-14/h1,3-4,12H,2,5-8,13H2. The number of hydrogen-bond donors (Lipinski definition) is 1. The lowest BCUT2D eigenvalue weighted by Gasteiger charge is -2.36. The summed E-state index contributed by atoms with van der Waals surface area (Å²) >= 11 is 0. The first-order valence-electron chi connectivity index (χ1n) is 5.47. The van der Waals surface area contributed by atoms with Crippen molar-refractivity contribution >= 4 is 5.69 Å². The molecule has 3 rings (SSSR count). The van der Waals surface area contributed by atoms with Crippen molar-refractivity contribution in [3.63, 3.8) is 0 Å². The van der Waals surface area contributed by atoms with Crippen LogP contribution in [0.15, 0.2) is 18.2 Å². The zero-order chi connectivity index (χ0) is 9.54. The molecular weight excluding hydrogens is 172 g/mol. The van der Waals surface area contributed by atoms with Crippen LogP contribution in [0.5, 0.6) is 0 Å². The monoisotopic (exact) mass is 188 g/mol. The van der Waals surface area contributed by atoms with Gasteiger partial charge in [-0.05, 0) is 49.5 Å². The lowest BCUT2D eigenvalue weighted by atomic mass is 10.0. The summed E-state index contributed by atoms with van der Waals surface area (Å²) in [7, 11) is 0. The van der Waals surface area contributed by atoms with E-state index < -0.39 is 0 Å². The average Bonchev–Trinajstić information content (AvgIpc) is 2.48. The van der Waals surface area contributed by atoms with Crippen molar-refractivity contribution in [3.8, 4) is 0 Å². The van der Waals surface area contributed by atoms with Gasteiger partial charge in [0.2, 0.25) is 0 Å². The summed E-state index contributed by atoms with van der Waals surface area (Å²) < 4.78 is 0. The second kappa shape index (κ2) is 2.99. The summed E-state index contributed by atoms with van der Waals surface area (Å²) in [6, 6.07) is 7.04. The minimum Gasteiger partial charge on any atom is -0.398 e. The third-order valence-electron chi connectivity index (χ3n) is 3.61. The molecule has 1 aromatic carbocycles. The van der Waals surface area contributed by atoms with Crippen LogP contribution in [0.25, 0.3) is 0 Å². The summed E-state index contributed by atoms with van der Waals surface area (Å²) in [5.41, 5.74) is 9.86. The van der Waals surface area contributed by atoms with Gasteiger partial charge < -0.3 is 5.73 Å². The van der Waals surface area contributed by atoms with E-state index in [0.717, 1.165) is 5.69 Å². The summed E-state index contributed by atoms with van der Waals surface area (Å²) in [6.07, 6.45) is 3.81. The van der Waals surface area contributed by atoms with Crippen molar-refractivity contribution in [2.24, 2.45) is 0 Å². The maximum atomic E-state index is 5.98. The Kier molecular flexibility index (Phi) is 1.77. The normalized spacial score (nSPS) is 25.9. The Hall–Kier alpha value is -1.02. The molecule has 2 nitrogen and oxygen atoms in total. The van der Waals surface area contributed by atoms with Crippen LogP contribution in [0.3, 0.4) is 0 Å². The van der Waals surface area contributed by atoms with Crippen LogP contribution in [0.2, 0.25) is 0 Å². The van der Waals surface area contributed by atoms with Crippen LogP contribution in [-0.2, 0) is 6.42 Å². The van der Waals surface area contributed by atoms with Crippen molar-refractivity contribution in [2.75, 3.05) is 18.8 Å². The number of anilines is 1. The number of likely N-dealkylation sites (tertiary alicyclic amines) is 1. The number of nitrogens with two attached hydrogens (primary N) is 1. The largest absolute Gasteiger partial charge is 0.398 e. The highest BCUT2D eigenvalue weighted by Crippen LogP contribution is 2.39. The third-order valence-corrected chi connectivity index (χ3v) is 3.61. The molecule has 14 heavy (non-hydrogen) atoms. The Morgan fingerprint density at radius 2 is 2.14 bits per heavy atom. The fourth-order valence-corrected chi connectivity index (χ4v) is 2.69. The van der Waals surface area contributed by atoms with Gasteiger partial charge in [0.25, 0.3) is 0 Å². The third kappa shape index (κ3) is 1.07. The van der Waals surface area contributed by atoms with Gasteiger partial charge in [-0.3, -0.25) is 4.90 Å². The second-order valence-corrected chi connectivity index (χ2v) is 4.36. The van der Waals surface area contributed by atoms with Gasteiger partial charge in [-0.25, -0.2) is 0 Å². The van der Waals surface area contributed by atoms with E-state index in [2.05, 4.69) is 17.0 Å². The topological polar surface area (TPSA) is 29.3 Å². The zero-order valence-electron chi connectivity index (χ0n) is 8.37. The number of hydrogen-bond acceptors (Lipinski definition) is 2. The number of nitrogen functional groups attached to an aromatic ring is 1. The van der Waals surface area contributed by atoms with Crippen LogP contribution >= 0.6 is 0 Å². The average molecular weight is 188 g/mol. The van der Waals surface area contributed by atoms with Gasteiger partial charge in [0.05, 0.1) is 0 Å². The molecule has 2 N–H and O–H groups in total. The van der Waals surface area contributed by atoms with Crippen LogP contribution in [-0.4, -0.2) is 18.0 Å². The second-order valence-electron chi connectivity index (χ2n) is 4.36. The molecule has 1 heterocycles. The van der Waals surface area contributed by atoms with E-state index in [1.807, 2.05) is 6.07 Å². The van der Waals surface area contributed by atoms with Gasteiger partial charge in [0.1, 0.15) is 0 Å². The molecule has 74 valence electrons. The molecule has 1 unspecified atom stereocenters. The molecule has 1 aromatic rings. The summed E-state index contributed by atoms with van der Waals surface area (Å²) in [6.45, 7) is 2.55. The van der Waals surface area contributed by atoms with E-state index >= 15 is 0 Å². The Morgan fingerprint density at radius 1 is 1.29 bits per heavy atom. The van der Waals surface area contributed by atoms with E-state index in [-0.39, 0.29) is 0 Å². The summed E-state index contributed by atoms with van der Waals surface area (Å²) in [5, 5.41) is 0. The minimum atomic E-state index is 0.669. The van der Waals surface area contributed by atoms with Gasteiger partial charge in [-0.2, -0.15) is 0 Å². The first kappa shape index (κ1) is 8.30. The Balaban J connectivity index is 1.97. The number of fused-ring (bicyclic) bond motifs is 1. The molecule has 0 aromatic heterocycles. The highest BCUT2D eigenvalue weighted by atomic mass is 15.2. The van der Waals surface area contributed by atoms with Gasteiger partial charge in [0, 0.05) is 11.7 Å². The molecule has 0 bridgehead atoms. The van der Waals surface area contributed by atoms with Crippen molar-refractivity contribution < 1.29 is 0 Å². The highest BCUT2D eigenvalue weighted by molar-refractivity contribution is 5.54. The predicted molar refractivity (Wildman–Crippen MR) is 58.1 cm³/mol. The van der Waals surface area contributed by atoms with E-state index in [1.54, 1.807) is 0 Å². The molecule has 2 heteroatoms. The molecule has 1 atom stereocenters. The lowest BCUT2D eigenvalue weighted by Crippen LogP contribution is -2.39. The van der Waals surface area contributed by atoms with E-state index in [9.17, 15) is 0 Å². The van der Waals surface area contributed by atoms with E-state index in [1.165, 1.54) is 43.5 Å². The Bertz CT molecular complexity index is 355. The summed E-state index contributed by atoms with van der Waals surface area (Å²) in [4.78, 5) is 2.57. The fourth-order valence-electron chi connectivity index (χ4n) is 2.69. The van der Waals surface area contributed by atoms with Gasteiger partial charge in [-0.1, -0.05) is 12.1 Å². The van der Waals surface area contributed by atoms with Crippen LogP contribution in [0.1, 0.15) is 30.0 Å². The molecule has 1 saturated heterocycles. The van der Waals surface area contributed by atoms with Crippen LogP contribution in [0, 0.1) is 0 Å². The van der Waals surface area contributed by atoms with Gasteiger partial charge >= 0.3 is 0 Å². The first-order chi connectivity index (χ1) is 6.86. The lowest BCUT2D eigenvalue weighted by molar-refractivity contribution is 0.118. The van der Waals surface area contributed by atoms with Crippen LogP contribution in [0.4, 0.5) is 5.69 Å². The number of nitrogens with zero attached hydrogens (tertiary/aromatic N) is 1. The van der Waals surface area contributed by atoms with Crippen molar-refractivity contribution in [2.45, 2.75) is 25.3 Å². The van der Waals surface area contributed by atoms with Gasteiger partial charge in [0.15, 0.2) is 0 Å². The van der Waals surface area contributed by atoms with Crippen molar-refractivity contribution in [3.05, 3.63) is 29.3 Å². The summed E-state index contributed by atoms with van der Waals surface area (Å²) in [5.74, 6) is 0. The maximum absolute atomic E-state index is 5.98. The van der Waals surface area contributed by atoms with E-state index in [4.69, 9.17) is 5.73 Å². The maximum Gasteiger partial charge on any atom is 0.0354 e. The van der Waals surface area contributed by atoms with Crippen molar-refractivity contribution in [1.29, 1.82) is 0 Å². The molecule has 0 saturated carbocycles. The van der Waals surface area contributed by atoms with Crippen molar-refractivity contribution in [1.82, 2.24) is 4.90 Å². The first-order valence-corrected chi connectivity index (χ1v) is 5.47. The quantitative estimate of drug-likeness (QED) is 0.683. The number of rotatable bonds is 1. The number of benzene rings is 1. The van der Waals surface area contributed by atoms with E-state index in [0.29, 0.717) is 6.04 Å². The fraction of sp³-hybridized carbons (Fsp3) is 0.500.